The average molecular weight is 548 g/mol. The topological polar surface area (TPSA) is 66.8 Å². The molecule has 0 aliphatic carbocycles. The molecule has 2 aromatic rings. The minimum Gasteiger partial charge on any atom is -0.478 e. The van der Waals surface area contributed by atoms with Gasteiger partial charge in [-0.1, -0.05) is 32.8 Å². The van der Waals surface area contributed by atoms with Gasteiger partial charge in [-0.15, -0.1) is 0 Å². The molecule has 0 heterocycles. The lowest BCUT2D eigenvalue weighted by atomic mass is 9.98. The van der Waals surface area contributed by atoms with Gasteiger partial charge in [-0.05, 0) is 72.9 Å². The van der Waals surface area contributed by atoms with Crippen LogP contribution >= 0.6 is 0 Å². The third-order valence-electron chi connectivity index (χ3n) is 5.44. The zero-order valence-corrected chi connectivity index (χ0v) is 21.8. The van der Waals surface area contributed by atoms with Crippen molar-refractivity contribution in [2.45, 2.75) is 58.8 Å². The Kier molecular flexibility index (Phi) is 12.0. The van der Waals surface area contributed by atoms with Gasteiger partial charge >= 0.3 is 18.3 Å². The van der Waals surface area contributed by atoms with Gasteiger partial charge in [0.15, 0.2) is 0 Å². The van der Waals surface area contributed by atoms with Gasteiger partial charge in [0.05, 0.1) is 18.2 Å². The first-order valence-electron chi connectivity index (χ1n) is 11.7. The number of halogens is 6. The summed E-state index contributed by atoms with van der Waals surface area (Å²) in [5, 5.41) is 9.79. The molecule has 2 aromatic carbocycles. The number of nitrogens with zero attached hydrogens (tertiary/aromatic N) is 1. The Hall–Kier alpha value is -3.34. The molecule has 1 N–H and O–H groups in total. The van der Waals surface area contributed by atoms with Crippen molar-refractivity contribution in [2.75, 3.05) is 14.2 Å². The molecule has 210 valence electrons. The van der Waals surface area contributed by atoms with Gasteiger partial charge < -0.3 is 5.11 Å². The maximum atomic E-state index is 12.6. The number of carbonyl (C=O) groups is 2. The molecule has 0 unspecified atom stereocenters. The average Bonchev–Trinajstić information content (AvgIpc) is 2.83. The van der Waals surface area contributed by atoms with Crippen LogP contribution in [0.15, 0.2) is 42.0 Å². The van der Waals surface area contributed by atoms with E-state index < -0.39 is 35.4 Å². The van der Waals surface area contributed by atoms with E-state index in [1.165, 1.54) is 39.3 Å². The van der Waals surface area contributed by atoms with Crippen LogP contribution in [-0.2, 0) is 34.8 Å². The fraction of sp³-hybridized carbons (Fsp3) is 0.407. The van der Waals surface area contributed by atoms with Gasteiger partial charge in [0.25, 0.3) is 5.91 Å². The first-order chi connectivity index (χ1) is 17.6. The first kappa shape index (κ1) is 32.7. The van der Waals surface area contributed by atoms with Crippen molar-refractivity contribution in [1.29, 1.82) is 0 Å². The van der Waals surface area contributed by atoms with Crippen molar-refractivity contribution in [1.82, 2.24) is 5.06 Å². The van der Waals surface area contributed by atoms with Gasteiger partial charge in [0.1, 0.15) is 0 Å². The Morgan fingerprint density at radius 2 is 1.37 bits per heavy atom. The largest absolute Gasteiger partial charge is 0.478 e. The van der Waals surface area contributed by atoms with Crippen LogP contribution in [-0.4, -0.2) is 36.2 Å². The molecule has 0 saturated heterocycles. The van der Waals surface area contributed by atoms with Crippen LogP contribution < -0.4 is 0 Å². The molecule has 11 heteroatoms. The predicted molar refractivity (Wildman–Crippen MR) is 131 cm³/mol. The lowest BCUT2D eigenvalue weighted by Crippen LogP contribution is -2.26. The number of carbonyl (C=O) groups excluding carboxylic acids is 1. The van der Waals surface area contributed by atoms with E-state index in [0.717, 1.165) is 29.3 Å². The number of aliphatic carboxylic acids is 1. The monoisotopic (exact) mass is 547 g/mol. The highest BCUT2D eigenvalue weighted by molar-refractivity contribution is 5.95. The van der Waals surface area contributed by atoms with E-state index >= 15 is 0 Å². The third-order valence-corrected chi connectivity index (χ3v) is 5.44. The minimum atomic E-state index is -4.41. The number of hydroxylamine groups is 2. The Morgan fingerprint density at radius 3 is 1.82 bits per heavy atom. The molecule has 38 heavy (non-hydrogen) atoms. The second-order valence-corrected chi connectivity index (χ2v) is 8.40. The summed E-state index contributed by atoms with van der Waals surface area (Å²) < 4.78 is 75.8. The van der Waals surface area contributed by atoms with E-state index in [0.29, 0.717) is 42.4 Å². The first-order valence-corrected chi connectivity index (χ1v) is 11.7. The SMILES string of the molecule is CCCc1cc(C(F)(F)F)ccc1C(=O)N(C)OC.CCCc1cc(C(F)(F)F)ccc1C=C(C)C(=O)O. The number of hydrogen-bond donors (Lipinski definition) is 1. The second-order valence-electron chi connectivity index (χ2n) is 8.40. The summed E-state index contributed by atoms with van der Waals surface area (Å²) in [5.74, 6) is -1.54. The lowest BCUT2D eigenvalue weighted by molar-refractivity contribution is -0.138. The number of carboxylic acids is 1. The number of rotatable bonds is 8. The summed E-state index contributed by atoms with van der Waals surface area (Å²) in [4.78, 5) is 27.5. The van der Waals surface area contributed by atoms with Crippen LogP contribution in [0.25, 0.3) is 6.08 Å². The highest BCUT2D eigenvalue weighted by Gasteiger charge is 2.32. The molecule has 0 radical (unpaired) electrons. The van der Waals surface area contributed by atoms with Crippen molar-refractivity contribution in [3.05, 3.63) is 75.4 Å². The molecule has 0 bridgehead atoms. The van der Waals surface area contributed by atoms with Crippen LogP contribution in [0.2, 0.25) is 0 Å². The summed E-state index contributed by atoms with van der Waals surface area (Å²) >= 11 is 0. The van der Waals surface area contributed by atoms with Crippen LogP contribution in [0.5, 0.6) is 0 Å². The van der Waals surface area contributed by atoms with Crippen molar-refractivity contribution >= 4 is 18.0 Å². The molecule has 0 aliphatic rings. The second kappa shape index (κ2) is 14.0. The third kappa shape index (κ3) is 9.51. The molecule has 0 spiro atoms. The van der Waals surface area contributed by atoms with Crippen molar-refractivity contribution in [3.63, 3.8) is 0 Å². The fourth-order valence-corrected chi connectivity index (χ4v) is 3.41. The lowest BCUT2D eigenvalue weighted by Gasteiger charge is -2.17. The molecule has 2 rings (SSSR count). The van der Waals surface area contributed by atoms with E-state index in [2.05, 4.69) is 0 Å². The standard InChI is InChI=1S/C14H15F3O2.C13H16F3NO2/c1-3-4-10-8-12(14(15,16)17)6-5-11(10)7-9(2)13(18)19;1-4-5-9-8-10(13(14,15)16)6-7-11(9)12(18)17(2)19-3/h5-8H,3-4H2,1-2H3,(H,18,19);6-8H,4-5H2,1-3H3. The summed E-state index contributed by atoms with van der Waals surface area (Å²) in [6.45, 7) is 5.11. The van der Waals surface area contributed by atoms with Crippen LogP contribution in [0.3, 0.4) is 0 Å². The van der Waals surface area contributed by atoms with Crippen LogP contribution in [0, 0.1) is 0 Å². The van der Waals surface area contributed by atoms with E-state index in [4.69, 9.17) is 9.94 Å². The predicted octanol–water partition coefficient (Wildman–Crippen LogP) is 7.44. The van der Waals surface area contributed by atoms with Gasteiger partial charge in [-0.3, -0.25) is 9.63 Å². The van der Waals surface area contributed by atoms with Crippen molar-refractivity contribution in [2.24, 2.45) is 0 Å². The van der Waals surface area contributed by atoms with Gasteiger partial charge in [-0.25, -0.2) is 9.86 Å². The summed E-state index contributed by atoms with van der Waals surface area (Å²) in [7, 11) is 2.73. The number of alkyl halides is 6. The zero-order valence-electron chi connectivity index (χ0n) is 21.8. The molecule has 0 aromatic heterocycles. The smallest absolute Gasteiger partial charge is 0.416 e. The zero-order chi connectivity index (χ0) is 29.3. The normalized spacial score (nSPS) is 12.0. The van der Waals surface area contributed by atoms with Crippen molar-refractivity contribution < 1.29 is 45.9 Å². The maximum Gasteiger partial charge on any atom is 0.416 e. The quantitative estimate of drug-likeness (QED) is 0.212. The number of amides is 1. The Morgan fingerprint density at radius 1 is 0.895 bits per heavy atom. The fourth-order valence-electron chi connectivity index (χ4n) is 3.41. The van der Waals surface area contributed by atoms with Crippen molar-refractivity contribution in [3.8, 4) is 0 Å². The molecule has 0 saturated carbocycles. The highest BCUT2D eigenvalue weighted by atomic mass is 19.4. The highest BCUT2D eigenvalue weighted by Crippen LogP contribution is 2.32. The molecular formula is C27H31F6NO4. The Balaban J connectivity index is 0.000000380. The molecule has 0 fully saturated rings. The Bertz CT molecular complexity index is 1140. The summed E-state index contributed by atoms with van der Waals surface area (Å²) in [6.07, 6.45) is -5.17. The van der Waals surface area contributed by atoms with Gasteiger partial charge in [0.2, 0.25) is 0 Å². The molecule has 5 nitrogen and oxygen atoms in total. The van der Waals surface area contributed by atoms with Gasteiger partial charge in [-0.2, -0.15) is 26.3 Å². The van der Waals surface area contributed by atoms with Crippen LogP contribution in [0.1, 0.15) is 71.8 Å². The minimum absolute atomic E-state index is 0.0945. The summed E-state index contributed by atoms with van der Waals surface area (Å²) in [6, 6.07) is 6.52. The number of hydrogen-bond acceptors (Lipinski definition) is 3. The van der Waals surface area contributed by atoms with Crippen LogP contribution in [0.4, 0.5) is 26.3 Å². The molecule has 1 amide bonds. The number of aryl methyl sites for hydroxylation is 2. The van der Waals surface area contributed by atoms with Gasteiger partial charge in [0, 0.05) is 18.2 Å². The molecule has 0 atom stereocenters. The van der Waals surface area contributed by atoms with E-state index in [1.807, 2.05) is 13.8 Å². The molecular weight excluding hydrogens is 516 g/mol. The maximum absolute atomic E-state index is 12.6. The number of carboxylic acid groups (broad SMARTS) is 1. The Labute approximate surface area is 217 Å². The molecule has 0 aliphatic heterocycles. The van der Waals surface area contributed by atoms with E-state index in [-0.39, 0.29) is 11.1 Å². The van der Waals surface area contributed by atoms with E-state index in [9.17, 15) is 35.9 Å². The summed E-state index contributed by atoms with van der Waals surface area (Å²) in [5.41, 5.74) is 0.295. The number of benzene rings is 2. The van der Waals surface area contributed by atoms with E-state index in [1.54, 1.807) is 0 Å².